The third kappa shape index (κ3) is 9.44. The molecule has 2 aromatic rings. The SMILES string of the molecule is O=C(O)CCc1ccc([P+](=O)O)cc1.O=C(O)CCc1ccc([P+](=O)O)cc1. The van der Waals surface area contributed by atoms with Crippen molar-refractivity contribution in [2.24, 2.45) is 0 Å². The number of hydrogen-bond donors (Lipinski definition) is 4. The zero-order valence-corrected chi connectivity index (χ0v) is 16.6. The lowest BCUT2D eigenvalue weighted by Crippen LogP contribution is -2.00. The molecular formula is C18H20O8P2+2. The molecule has 8 nitrogen and oxygen atoms in total. The lowest BCUT2D eigenvalue weighted by Gasteiger charge is -1.96. The summed E-state index contributed by atoms with van der Waals surface area (Å²) in [4.78, 5) is 38.0. The van der Waals surface area contributed by atoms with E-state index in [-0.39, 0.29) is 12.8 Å². The number of carbonyl (C=O) groups is 2. The van der Waals surface area contributed by atoms with Crippen molar-refractivity contribution < 1.29 is 38.7 Å². The Morgan fingerprint density at radius 1 is 0.643 bits per heavy atom. The lowest BCUT2D eigenvalue weighted by molar-refractivity contribution is -0.138. The van der Waals surface area contributed by atoms with Gasteiger partial charge in [-0.3, -0.25) is 9.59 Å². The third-order valence-corrected chi connectivity index (χ3v) is 5.05. The maximum atomic E-state index is 10.6. The maximum absolute atomic E-state index is 10.6. The van der Waals surface area contributed by atoms with Crippen molar-refractivity contribution >= 4 is 38.6 Å². The normalized spacial score (nSPS) is 11.1. The average molecular weight is 426 g/mol. The van der Waals surface area contributed by atoms with Crippen LogP contribution in [0.3, 0.4) is 0 Å². The summed E-state index contributed by atoms with van der Waals surface area (Å²) in [6, 6.07) is 12.8. The molecule has 2 aromatic carbocycles. The highest BCUT2D eigenvalue weighted by Crippen LogP contribution is 2.14. The Labute approximate surface area is 163 Å². The molecule has 0 bridgehead atoms. The van der Waals surface area contributed by atoms with Gasteiger partial charge in [-0.15, -0.1) is 0 Å². The van der Waals surface area contributed by atoms with Gasteiger partial charge in [-0.2, -0.15) is 9.79 Å². The molecule has 2 rings (SSSR count). The second-order valence-electron chi connectivity index (χ2n) is 5.67. The number of aliphatic carboxylic acids is 2. The first kappa shape index (κ1) is 23.5. The minimum absolute atomic E-state index is 0.0740. The minimum atomic E-state index is -2.30. The zero-order valence-electron chi connectivity index (χ0n) is 14.8. The van der Waals surface area contributed by atoms with E-state index >= 15 is 0 Å². The number of carboxylic acid groups (broad SMARTS) is 2. The molecule has 2 atom stereocenters. The largest absolute Gasteiger partial charge is 0.546 e. The summed E-state index contributed by atoms with van der Waals surface area (Å²) < 4.78 is 21.3. The van der Waals surface area contributed by atoms with E-state index in [0.717, 1.165) is 11.1 Å². The summed E-state index contributed by atoms with van der Waals surface area (Å²) in [5.41, 5.74) is 1.71. The monoisotopic (exact) mass is 426 g/mol. The van der Waals surface area contributed by atoms with E-state index in [1.54, 1.807) is 24.3 Å². The second-order valence-corrected chi connectivity index (χ2v) is 7.79. The molecule has 0 radical (unpaired) electrons. The van der Waals surface area contributed by atoms with Crippen molar-refractivity contribution in [3.8, 4) is 0 Å². The Kier molecular flexibility index (Phi) is 10.1. The fraction of sp³-hybridized carbons (Fsp3) is 0.222. The Bertz CT molecular complexity index is 760. The van der Waals surface area contributed by atoms with Crippen LogP contribution in [0.2, 0.25) is 0 Å². The van der Waals surface area contributed by atoms with Crippen LogP contribution in [-0.4, -0.2) is 31.9 Å². The number of benzene rings is 2. The van der Waals surface area contributed by atoms with Crippen LogP contribution in [0.25, 0.3) is 0 Å². The van der Waals surface area contributed by atoms with E-state index in [0.29, 0.717) is 23.5 Å². The Morgan fingerprint density at radius 2 is 0.929 bits per heavy atom. The molecule has 0 spiro atoms. The Balaban J connectivity index is 0.000000280. The van der Waals surface area contributed by atoms with Crippen molar-refractivity contribution in [1.82, 2.24) is 0 Å². The second kappa shape index (κ2) is 12.1. The fourth-order valence-electron chi connectivity index (χ4n) is 2.08. The summed E-state index contributed by atoms with van der Waals surface area (Å²) in [5, 5.41) is 17.6. The zero-order chi connectivity index (χ0) is 21.1. The maximum Gasteiger partial charge on any atom is 0.546 e. The first-order valence-electron chi connectivity index (χ1n) is 8.12. The van der Waals surface area contributed by atoms with Crippen LogP contribution in [-0.2, 0) is 31.6 Å². The van der Waals surface area contributed by atoms with Crippen LogP contribution in [0.1, 0.15) is 24.0 Å². The summed E-state index contributed by atoms with van der Waals surface area (Å²) >= 11 is 0. The van der Waals surface area contributed by atoms with E-state index in [9.17, 15) is 18.7 Å². The van der Waals surface area contributed by atoms with Crippen LogP contribution in [0, 0.1) is 0 Å². The molecule has 2 unspecified atom stereocenters. The van der Waals surface area contributed by atoms with E-state index in [2.05, 4.69) is 0 Å². The van der Waals surface area contributed by atoms with Gasteiger partial charge >= 0.3 is 28.0 Å². The van der Waals surface area contributed by atoms with Crippen molar-refractivity contribution in [2.45, 2.75) is 25.7 Å². The highest BCUT2D eigenvalue weighted by Gasteiger charge is 2.15. The molecule has 0 aliphatic carbocycles. The molecule has 10 heteroatoms. The highest BCUT2D eigenvalue weighted by molar-refractivity contribution is 7.47. The van der Waals surface area contributed by atoms with Crippen LogP contribution >= 0.6 is 16.1 Å². The van der Waals surface area contributed by atoms with Crippen LogP contribution in [0.15, 0.2) is 48.5 Å². The number of hydrogen-bond acceptors (Lipinski definition) is 4. The van der Waals surface area contributed by atoms with Gasteiger partial charge in [-0.25, -0.2) is 0 Å². The van der Waals surface area contributed by atoms with E-state index in [1.165, 1.54) is 24.3 Å². The molecule has 28 heavy (non-hydrogen) atoms. The number of carboxylic acids is 2. The number of rotatable bonds is 8. The van der Waals surface area contributed by atoms with Crippen LogP contribution < -0.4 is 10.6 Å². The molecule has 0 saturated heterocycles. The van der Waals surface area contributed by atoms with Gasteiger partial charge in [0.05, 0.1) is 0 Å². The quantitative estimate of drug-likeness (QED) is 0.469. The first-order chi connectivity index (χ1) is 13.2. The standard InChI is InChI=1S/2C9H9O4P/c2*10-9(11)6-3-7-1-4-8(5-2-7)14(12)13/h2*1-2,4-5H,3,6H2,(H-,10,11,12,13)/p+2. The van der Waals surface area contributed by atoms with Crippen LogP contribution in [0.5, 0.6) is 0 Å². The van der Waals surface area contributed by atoms with Gasteiger partial charge in [0.25, 0.3) is 0 Å². The van der Waals surface area contributed by atoms with Crippen molar-refractivity contribution in [2.75, 3.05) is 0 Å². The van der Waals surface area contributed by atoms with E-state index < -0.39 is 28.0 Å². The first-order valence-corrected chi connectivity index (χ1v) is 10.5. The van der Waals surface area contributed by atoms with Crippen LogP contribution in [0.4, 0.5) is 0 Å². The molecule has 0 amide bonds. The summed E-state index contributed by atoms with van der Waals surface area (Å²) in [6.45, 7) is 0. The summed E-state index contributed by atoms with van der Waals surface area (Å²) in [5.74, 6) is -1.69. The Morgan fingerprint density at radius 3 is 1.14 bits per heavy atom. The van der Waals surface area contributed by atoms with Gasteiger partial charge in [0, 0.05) is 12.8 Å². The van der Waals surface area contributed by atoms with Crippen molar-refractivity contribution in [3.05, 3.63) is 59.7 Å². The van der Waals surface area contributed by atoms with Gasteiger partial charge in [0.2, 0.25) is 10.6 Å². The van der Waals surface area contributed by atoms with E-state index in [4.69, 9.17) is 20.0 Å². The van der Waals surface area contributed by atoms with E-state index in [1.807, 2.05) is 0 Å². The third-order valence-electron chi connectivity index (χ3n) is 3.57. The fourth-order valence-corrected chi connectivity index (χ4v) is 2.89. The molecule has 0 aliphatic rings. The smallest absolute Gasteiger partial charge is 0.481 e. The van der Waals surface area contributed by atoms with Crippen molar-refractivity contribution in [1.29, 1.82) is 0 Å². The van der Waals surface area contributed by atoms with Gasteiger partial charge in [0.1, 0.15) is 0 Å². The lowest BCUT2D eigenvalue weighted by atomic mass is 10.1. The van der Waals surface area contributed by atoms with Gasteiger partial charge in [-0.05, 0) is 57.4 Å². The van der Waals surface area contributed by atoms with Gasteiger partial charge in [0.15, 0.2) is 0 Å². The Hall–Kier alpha value is -2.50. The topological polar surface area (TPSA) is 149 Å². The molecule has 0 saturated carbocycles. The summed E-state index contributed by atoms with van der Waals surface area (Å²) in [6.07, 6.45) is 1.03. The average Bonchev–Trinajstić information content (AvgIpc) is 2.65. The summed E-state index contributed by atoms with van der Waals surface area (Å²) in [7, 11) is -4.59. The number of aryl methyl sites for hydroxylation is 2. The molecule has 4 N–H and O–H groups in total. The predicted octanol–water partition coefficient (Wildman–Crippen LogP) is 2.13. The molecule has 0 heterocycles. The molecule has 0 aromatic heterocycles. The highest BCUT2D eigenvalue weighted by atomic mass is 31.1. The van der Waals surface area contributed by atoms with Gasteiger partial charge < -0.3 is 10.2 Å². The minimum Gasteiger partial charge on any atom is -0.481 e. The van der Waals surface area contributed by atoms with Gasteiger partial charge in [-0.1, -0.05) is 24.3 Å². The predicted molar refractivity (Wildman–Crippen MR) is 104 cm³/mol. The molecule has 0 aliphatic heterocycles. The molecular weight excluding hydrogens is 406 g/mol. The molecule has 0 fully saturated rings. The van der Waals surface area contributed by atoms with Crippen molar-refractivity contribution in [3.63, 3.8) is 0 Å². The molecule has 148 valence electrons.